The standard InChI is InChI=1S/C19H14N2O/c22-17-4-1-3-14(10-17)19-18(5-2-8-21-19)13-6-7-15-11-20-12-16(15)9-13/h1-10,12,22H,11H2. The van der Waals surface area contributed by atoms with Crippen LogP contribution in [0, 0.1) is 0 Å². The molecule has 0 atom stereocenters. The summed E-state index contributed by atoms with van der Waals surface area (Å²) in [5.74, 6) is 0.246. The second-order valence-electron chi connectivity index (χ2n) is 5.33. The molecular formula is C19H14N2O. The predicted molar refractivity (Wildman–Crippen MR) is 88.1 cm³/mol. The molecule has 0 amide bonds. The van der Waals surface area contributed by atoms with Crippen molar-refractivity contribution in [3.63, 3.8) is 0 Å². The summed E-state index contributed by atoms with van der Waals surface area (Å²) in [6, 6.07) is 17.6. The SMILES string of the molecule is Oc1cccc(-c2ncccc2-c2ccc3c(c2)C=NC3)c1. The minimum Gasteiger partial charge on any atom is -0.508 e. The van der Waals surface area contributed by atoms with Gasteiger partial charge >= 0.3 is 0 Å². The molecule has 0 spiro atoms. The molecule has 0 unspecified atom stereocenters. The summed E-state index contributed by atoms with van der Waals surface area (Å²) in [6.45, 7) is 0.766. The zero-order chi connectivity index (χ0) is 14.9. The van der Waals surface area contributed by atoms with Crippen molar-refractivity contribution < 1.29 is 5.11 Å². The van der Waals surface area contributed by atoms with Gasteiger partial charge in [0.25, 0.3) is 0 Å². The number of aromatic nitrogens is 1. The first kappa shape index (κ1) is 12.8. The van der Waals surface area contributed by atoms with E-state index in [1.165, 1.54) is 11.1 Å². The molecule has 22 heavy (non-hydrogen) atoms. The van der Waals surface area contributed by atoms with E-state index < -0.39 is 0 Å². The van der Waals surface area contributed by atoms with Gasteiger partial charge in [0.05, 0.1) is 12.2 Å². The predicted octanol–water partition coefficient (Wildman–Crippen LogP) is 4.05. The van der Waals surface area contributed by atoms with Crippen molar-refractivity contribution in [2.24, 2.45) is 4.99 Å². The average Bonchev–Trinajstić information content (AvgIpc) is 3.02. The third-order valence-corrected chi connectivity index (χ3v) is 3.88. The van der Waals surface area contributed by atoms with Crippen molar-refractivity contribution in [2.45, 2.75) is 6.54 Å². The Morgan fingerprint density at radius 3 is 2.77 bits per heavy atom. The fourth-order valence-electron chi connectivity index (χ4n) is 2.79. The number of aromatic hydroxyl groups is 1. The fourth-order valence-corrected chi connectivity index (χ4v) is 2.79. The lowest BCUT2D eigenvalue weighted by atomic mass is 9.96. The molecule has 2 heterocycles. The van der Waals surface area contributed by atoms with Crippen molar-refractivity contribution in [3.05, 3.63) is 71.9 Å². The van der Waals surface area contributed by atoms with Crippen molar-refractivity contribution >= 4 is 6.21 Å². The number of phenolic OH excluding ortho intramolecular Hbond substituents is 1. The van der Waals surface area contributed by atoms with Crippen LogP contribution in [0.1, 0.15) is 11.1 Å². The molecule has 0 saturated carbocycles. The molecule has 3 nitrogen and oxygen atoms in total. The van der Waals surface area contributed by atoms with Gasteiger partial charge in [-0.2, -0.15) is 0 Å². The van der Waals surface area contributed by atoms with E-state index in [1.807, 2.05) is 24.4 Å². The van der Waals surface area contributed by atoms with E-state index in [4.69, 9.17) is 0 Å². The fraction of sp³-hybridized carbons (Fsp3) is 0.0526. The van der Waals surface area contributed by atoms with Gasteiger partial charge in [0.1, 0.15) is 5.75 Å². The molecule has 3 heteroatoms. The van der Waals surface area contributed by atoms with E-state index in [2.05, 4.69) is 34.2 Å². The second-order valence-corrected chi connectivity index (χ2v) is 5.33. The number of pyridine rings is 1. The maximum Gasteiger partial charge on any atom is 0.116 e. The van der Waals surface area contributed by atoms with Crippen LogP contribution < -0.4 is 0 Å². The molecule has 0 radical (unpaired) electrons. The molecular weight excluding hydrogens is 272 g/mol. The first-order chi connectivity index (χ1) is 10.8. The van der Waals surface area contributed by atoms with Crippen molar-refractivity contribution in [1.29, 1.82) is 0 Å². The van der Waals surface area contributed by atoms with E-state index in [0.29, 0.717) is 0 Å². The Labute approximate surface area is 128 Å². The highest BCUT2D eigenvalue weighted by molar-refractivity contribution is 5.89. The zero-order valence-electron chi connectivity index (χ0n) is 11.9. The Morgan fingerprint density at radius 1 is 0.909 bits per heavy atom. The Morgan fingerprint density at radius 2 is 1.86 bits per heavy atom. The number of benzene rings is 2. The Hall–Kier alpha value is -2.94. The number of fused-ring (bicyclic) bond motifs is 1. The van der Waals surface area contributed by atoms with Gasteiger partial charge in [0.2, 0.25) is 0 Å². The first-order valence-electron chi connectivity index (χ1n) is 7.19. The molecule has 0 aliphatic carbocycles. The quantitative estimate of drug-likeness (QED) is 0.772. The van der Waals surface area contributed by atoms with Gasteiger partial charge in [-0.15, -0.1) is 0 Å². The topological polar surface area (TPSA) is 45.5 Å². The lowest BCUT2D eigenvalue weighted by Gasteiger charge is -2.10. The van der Waals surface area contributed by atoms with E-state index >= 15 is 0 Å². The smallest absolute Gasteiger partial charge is 0.116 e. The van der Waals surface area contributed by atoms with Crippen molar-refractivity contribution in [3.8, 4) is 28.1 Å². The van der Waals surface area contributed by atoms with Gasteiger partial charge in [-0.3, -0.25) is 9.98 Å². The highest BCUT2D eigenvalue weighted by Crippen LogP contribution is 2.33. The highest BCUT2D eigenvalue weighted by atomic mass is 16.3. The number of rotatable bonds is 2. The third-order valence-electron chi connectivity index (χ3n) is 3.88. The summed E-state index contributed by atoms with van der Waals surface area (Å²) >= 11 is 0. The normalized spacial score (nSPS) is 12.4. The van der Waals surface area contributed by atoms with E-state index in [-0.39, 0.29) is 5.75 Å². The van der Waals surface area contributed by atoms with Crippen LogP contribution in [0.5, 0.6) is 5.75 Å². The molecule has 1 aliphatic rings. The van der Waals surface area contributed by atoms with Crippen LogP contribution in [0.25, 0.3) is 22.4 Å². The molecule has 1 aliphatic heterocycles. The largest absolute Gasteiger partial charge is 0.508 e. The summed E-state index contributed by atoms with van der Waals surface area (Å²) in [5, 5.41) is 9.72. The molecule has 106 valence electrons. The lowest BCUT2D eigenvalue weighted by molar-refractivity contribution is 0.475. The Kier molecular flexibility index (Phi) is 2.97. The maximum atomic E-state index is 9.72. The summed E-state index contributed by atoms with van der Waals surface area (Å²) in [6.07, 6.45) is 3.70. The maximum absolute atomic E-state index is 9.72. The van der Waals surface area contributed by atoms with Crippen LogP contribution >= 0.6 is 0 Å². The monoisotopic (exact) mass is 286 g/mol. The van der Waals surface area contributed by atoms with Gasteiger partial charge in [-0.1, -0.05) is 30.3 Å². The molecule has 0 saturated heterocycles. The Bertz CT molecular complexity index is 884. The summed E-state index contributed by atoms with van der Waals surface area (Å²) < 4.78 is 0. The van der Waals surface area contributed by atoms with Crippen LogP contribution in [0.15, 0.2) is 65.8 Å². The first-order valence-corrected chi connectivity index (χ1v) is 7.19. The van der Waals surface area contributed by atoms with Crippen molar-refractivity contribution in [1.82, 2.24) is 4.98 Å². The molecule has 4 rings (SSSR count). The van der Waals surface area contributed by atoms with Gasteiger partial charge in [0.15, 0.2) is 0 Å². The van der Waals surface area contributed by atoms with Crippen LogP contribution in [-0.4, -0.2) is 16.3 Å². The van der Waals surface area contributed by atoms with Crippen LogP contribution in [0.4, 0.5) is 0 Å². The highest BCUT2D eigenvalue weighted by Gasteiger charge is 2.12. The summed E-state index contributed by atoms with van der Waals surface area (Å²) in [5.41, 5.74) is 6.36. The summed E-state index contributed by atoms with van der Waals surface area (Å²) in [4.78, 5) is 8.82. The Balaban J connectivity index is 1.88. The minimum atomic E-state index is 0.246. The minimum absolute atomic E-state index is 0.246. The van der Waals surface area contributed by atoms with E-state index in [1.54, 1.807) is 18.3 Å². The third kappa shape index (κ3) is 2.17. The van der Waals surface area contributed by atoms with Crippen LogP contribution in [0.3, 0.4) is 0 Å². The molecule has 2 aromatic carbocycles. The number of aliphatic imine (C=N–C) groups is 1. The second kappa shape index (κ2) is 5.11. The zero-order valence-corrected chi connectivity index (χ0v) is 11.9. The molecule has 3 aromatic rings. The van der Waals surface area contributed by atoms with Crippen LogP contribution in [-0.2, 0) is 6.54 Å². The molecule has 1 aromatic heterocycles. The van der Waals surface area contributed by atoms with E-state index in [9.17, 15) is 5.11 Å². The van der Waals surface area contributed by atoms with Gasteiger partial charge < -0.3 is 5.11 Å². The summed E-state index contributed by atoms with van der Waals surface area (Å²) in [7, 11) is 0. The average molecular weight is 286 g/mol. The molecule has 0 bridgehead atoms. The van der Waals surface area contributed by atoms with Crippen LogP contribution in [0.2, 0.25) is 0 Å². The van der Waals surface area contributed by atoms with E-state index in [0.717, 1.165) is 28.9 Å². The van der Waals surface area contributed by atoms with Gasteiger partial charge in [-0.05, 0) is 41.0 Å². The number of hydrogen-bond acceptors (Lipinski definition) is 3. The number of hydrogen-bond donors (Lipinski definition) is 1. The number of phenols is 1. The van der Waals surface area contributed by atoms with Crippen molar-refractivity contribution in [2.75, 3.05) is 0 Å². The molecule has 1 N–H and O–H groups in total. The van der Waals surface area contributed by atoms with Gasteiger partial charge in [-0.25, -0.2) is 0 Å². The molecule has 0 fully saturated rings. The number of nitrogens with zero attached hydrogens (tertiary/aromatic N) is 2. The lowest BCUT2D eigenvalue weighted by Crippen LogP contribution is -1.91. The van der Waals surface area contributed by atoms with Gasteiger partial charge in [0, 0.05) is 23.5 Å².